The molecule has 0 unspecified atom stereocenters. The Hall–Kier alpha value is -0.240. The smallest absolute Gasteiger partial charge is 0.253 e. The van der Waals surface area contributed by atoms with E-state index < -0.39 is 5.24 Å². The molecule has 0 fully saturated rings. The van der Waals surface area contributed by atoms with Crippen molar-refractivity contribution in [2.75, 3.05) is 0 Å². The predicted octanol–water partition coefficient (Wildman–Crippen LogP) is 3.68. The topological polar surface area (TPSA) is 17.1 Å². The fraction of sp³-hybridized carbons (Fsp3) is 0.125. The fourth-order valence-corrected chi connectivity index (χ4v) is 1.48. The Morgan fingerprint density at radius 1 is 1.33 bits per heavy atom. The molecule has 0 aliphatic heterocycles. The molecule has 1 nitrogen and oxygen atoms in total. The van der Waals surface area contributed by atoms with Crippen LogP contribution in [0, 0.1) is 6.92 Å². The molecule has 0 heterocycles. The van der Waals surface area contributed by atoms with Crippen LogP contribution in [0.4, 0.5) is 0 Å². The molecule has 0 saturated heterocycles. The predicted molar refractivity (Wildman–Crippen MR) is 51.4 cm³/mol. The number of carbonyl (C=O) groups is 1. The van der Waals surface area contributed by atoms with Crippen LogP contribution < -0.4 is 0 Å². The van der Waals surface area contributed by atoms with Crippen LogP contribution >= 0.6 is 34.8 Å². The summed E-state index contributed by atoms with van der Waals surface area (Å²) < 4.78 is 0. The molecule has 0 amide bonds. The molecule has 1 rings (SSSR count). The third-order valence-electron chi connectivity index (χ3n) is 1.53. The lowest BCUT2D eigenvalue weighted by molar-refractivity contribution is 0.108. The Bertz CT molecular complexity index is 333. The normalized spacial score (nSPS) is 10.0. The van der Waals surface area contributed by atoms with Crippen LogP contribution in [0.25, 0.3) is 0 Å². The molecule has 0 radical (unpaired) electrons. The molecule has 0 aliphatic rings. The lowest BCUT2D eigenvalue weighted by Gasteiger charge is -2.03. The van der Waals surface area contributed by atoms with E-state index in [1.165, 1.54) is 6.07 Å². The van der Waals surface area contributed by atoms with E-state index in [4.69, 9.17) is 34.8 Å². The Balaban J connectivity index is 3.36. The van der Waals surface area contributed by atoms with E-state index >= 15 is 0 Å². The molecule has 0 N–H and O–H groups in total. The van der Waals surface area contributed by atoms with Gasteiger partial charge in [-0.2, -0.15) is 0 Å². The third-order valence-corrected chi connectivity index (χ3v) is 2.63. The van der Waals surface area contributed by atoms with Gasteiger partial charge in [0.05, 0.1) is 10.6 Å². The summed E-state index contributed by atoms with van der Waals surface area (Å²) in [5.74, 6) is 0. The average Bonchev–Trinajstić information content (AvgIpc) is 2.00. The summed E-state index contributed by atoms with van der Waals surface area (Å²) in [6.07, 6.45) is 0. The van der Waals surface area contributed by atoms with Crippen LogP contribution in [0.1, 0.15) is 15.9 Å². The molecule has 0 aromatic heterocycles. The van der Waals surface area contributed by atoms with Gasteiger partial charge in [-0.25, -0.2) is 0 Å². The highest BCUT2D eigenvalue weighted by Gasteiger charge is 2.11. The van der Waals surface area contributed by atoms with Gasteiger partial charge in [0, 0.05) is 5.02 Å². The number of rotatable bonds is 1. The van der Waals surface area contributed by atoms with Crippen molar-refractivity contribution in [2.45, 2.75) is 6.92 Å². The van der Waals surface area contributed by atoms with Crippen molar-refractivity contribution in [3.05, 3.63) is 33.3 Å². The Labute approximate surface area is 85.2 Å². The van der Waals surface area contributed by atoms with Crippen molar-refractivity contribution in [1.29, 1.82) is 0 Å². The van der Waals surface area contributed by atoms with Crippen LogP contribution in [-0.4, -0.2) is 5.24 Å². The first kappa shape index (κ1) is 9.85. The number of benzene rings is 1. The largest absolute Gasteiger partial charge is 0.276 e. The fourth-order valence-electron chi connectivity index (χ4n) is 0.813. The maximum atomic E-state index is 10.8. The van der Waals surface area contributed by atoms with Crippen molar-refractivity contribution < 1.29 is 4.79 Å². The lowest BCUT2D eigenvalue weighted by atomic mass is 10.1. The Morgan fingerprint density at radius 3 is 2.42 bits per heavy atom. The molecule has 64 valence electrons. The van der Waals surface area contributed by atoms with E-state index in [0.29, 0.717) is 21.2 Å². The van der Waals surface area contributed by atoms with E-state index in [9.17, 15) is 4.79 Å². The van der Waals surface area contributed by atoms with Crippen molar-refractivity contribution in [3.8, 4) is 0 Å². The van der Waals surface area contributed by atoms with Crippen LogP contribution in [0.5, 0.6) is 0 Å². The highest BCUT2D eigenvalue weighted by atomic mass is 35.5. The zero-order valence-corrected chi connectivity index (χ0v) is 8.46. The number of carbonyl (C=O) groups excluding carboxylic acids is 1. The van der Waals surface area contributed by atoms with Gasteiger partial charge in [0.2, 0.25) is 0 Å². The Kier molecular flexibility index (Phi) is 2.99. The van der Waals surface area contributed by atoms with E-state index in [-0.39, 0.29) is 0 Å². The number of hydrogen-bond donors (Lipinski definition) is 0. The molecule has 0 atom stereocenters. The molecule has 0 bridgehead atoms. The molecule has 4 heteroatoms. The van der Waals surface area contributed by atoms with Gasteiger partial charge in [0.1, 0.15) is 0 Å². The molecule has 0 saturated carbocycles. The SMILES string of the molecule is Cc1c(Cl)ccc(C(=O)Cl)c1Cl. The number of hydrogen-bond acceptors (Lipinski definition) is 1. The molecule has 0 aliphatic carbocycles. The first-order valence-corrected chi connectivity index (χ1v) is 4.32. The van der Waals surface area contributed by atoms with Gasteiger partial charge in [0.15, 0.2) is 0 Å². The maximum Gasteiger partial charge on any atom is 0.253 e. The minimum Gasteiger partial charge on any atom is -0.276 e. The first-order valence-electron chi connectivity index (χ1n) is 3.18. The molecule has 1 aromatic rings. The van der Waals surface area contributed by atoms with Gasteiger partial charge >= 0.3 is 0 Å². The van der Waals surface area contributed by atoms with Crippen LogP contribution in [0.15, 0.2) is 12.1 Å². The number of halogens is 3. The van der Waals surface area contributed by atoms with Crippen molar-refractivity contribution in [1.82, 2.24) is 0 Å². The van der Waals surface area contributed by atoms with Crippen LogP contribution in [0.2, 0.25) is 10.0 Å². The van der Waals surface area contributed by atoms with E-state index in [2.05, 4.69) is 0 Å². The van der Waals surface area contributed by atoms with E-state index in [0.717, 1.165) is 0 Å². The molecule has 12 heavy (non-hydrogen) atoms. The molecular weight excluding hydrogens is 218 g/mol. The highest BCUT2D eigenvalue weighted by molar-refractivity contribution is 6.68. The van der Waals surface area contributed by atoms with E-state index in [1.54, 1.807) is 13.0 Å². The second-order valence-corrected chi connectivity index (χ2v) is 3.44. The summed E-state index contributed by atoms with van der Waals surface area (Å²) in [6.45, 7) is 1.73. The maximum absolute atomic E-state index is 10.8. The Morgan fingerprint density at radius 2 is 1.92 bits per heavy atom. The van der Waals surface area contributed by atoms with Gasteiger partial charge < -0.3 is 0 Å². The average molecular weight is 223 g/mol. The molecular formula is C8H5Cl3O. The molecule has 1 aromatic carbocycles. The lowest BCUT2D eigenvalue weighted by Crippen LogP contribution is -1.92. The zero-order valence-electron chi connectivity index (χ0n) is 6.20. The highest BCUT2D eigenvalue weighted by Crippen LogP contribution is 2.27. The molecule has 0 spiro atoms. The first-order chi connectivity index (χ1) is 5.54. The second-order valence-electron chi connectivity index (χ2n) is 2.31. The van der Waals surface area contributed by atoms with Gasteiger partial charge in [-0.15, -0.1) is 0 Å². The summed E-state index contributed by atoms with van der Waals surface area (Å²) >= 11 is 16.8. The summed E-state index contributed by atoms with van der Waals surface area (Å²) in [4.78, 5) is 10.8. The summed E-state index contributed by atoms with van der Waals surface area (Å²) in [7, 11) is 0. The quantitative estimate of drug-likeness (QED) is 0.664. The minimum atomic E-state index is -0.570. The van der Waals surface area contributed by atoms with E-state index in [1.807, 2.05) is 0 Å². The summed E-state index contributed by atoms with van der Waals surface area (Å²) in [5.41, 5.74) is 0.963. The van der Waals surface area contributed by atoms with Crippen LogP contribution in [-0.2, 0) is 0 Å². The standard InChI is InChI=1S/C8H5Cl3O/c1-4-6(9)3-2-5(7(4)10)8(11)12/h2-3H,1H3. The minimum absolute atomic E-state index is 0.292. The van der Waals surface area contributed by atoms with Crippen molar-refractivity contribution in [2.24, 2.45) is 0 Å². The van der Waals surface area contributed by atoms with Crippen LogP contribution in [0.3, 0.4) is 0 Å². The van der Waals surface area contributed by atoms with Crippen molar-refractivity contribution >= 4 is 40.0 Å². The van der Waals surface area contributed by atoms with Gasteiger partial charge in [-0.05, 0) is 36.2 Å². The second kappa shape index (κ2) is 3.65. The monoisotopic (exact) mass is 222 g/mol. The summed E-state index contributed by atoms with van der Waals surface area (Å²) in [5, 5.41) is 0.281. The third kappa shape index (κ3) is 1.74. The van der Waals surface area contributed by atoms with Crippen molar-refractivity contribution in [3.63, 3.8) is 0 Å². The van der Waals surface area contributed by atoms with Gasteiger partial charge in [-0.1, -0.05) is 23.2 Å². The zero-order chi connectivity index (χ0) is 9.30. The van der Waals surface area contributed by atoms with Gasteiger partial charge in [-0.3, -0.25) is 4.79 Å². The van der Waals surface area contributed by atoms with Gasteiger partial charge in [0.25, 0.3) is 5.24 Å². The summed E-state index contributed by atoms with van der Waals surface area (Å²) in [6, 6.07) is 3.10.